The number of anilines is 1. The molecule has 3 aromatic rings. The van der Waals surface area contributed by atoms with Crippen LogP contribution in [0.3, 0.4) is 0 Å². The molecule has 2 aromatic carbocycles. The predicted octanol–water partition coefficient (Wildman–Crippen LogP) is 5.41. The number of amides is 1. The van der Waals surface area contributed by atoms with Crippen LogP contribution >= 0.6 is 11.6 Å². The summed E-state index contributed by atoms with van der Waals surface area (Å²) in [6.45, 7) is 3.90. The molecule has 0 radical (unpaired) electrons. The van der Waals surface area contributed by atoms with E-state index in [4.69, 9.17) is 20.8 Å². The third kappa shape index (κ3) is 3.76. The van der Waals surface area contributed by atoms with Crippen LogP contribution in [0.15, 0.2) is 64.6 Å². The molecule has 6 nitrogen and oxygen atoms in total. The number of hydrogen-bond donors (Lipinski definition) is 1. The Kier molecular flexibility index (Phi) is 5.76. The van der Waals surface area contributed by atoms with Gasteiger partial charge in [0.2, 0.25) is 0 Å². The van der Waals surface area contributed by atoms with Crippen molar-refractivity contribution in [2.45, 2.75) is 19.9 Å². The second-order valence-corrected chi connectivity index (χ2v) is 7.58. The van der Waals surface area contributed by atoms with E-state index >= 15 is 0 Å². The molecular formula is C24H19ClFNO5. The van der Waals surface area contributed by atoms with Crippen LogP contribution in [-0.4, -0.2) is 23.4 Å². The Morgan fingerprint density at radius 3 is 2.62 bits per heavy atom. The van der Waals surface area contributed by atoms with E-state index in [0.29, 0.717) is 18.1 Å². The van der Waals surface area contributed by atoms with Crippen molar-refractivity contribution in [1.29, 1.82) is 0 Å². The highest BCUT2D eigenvalue weighted by atomic mass is 35.5. The molecule has 1 aromatic heterocycles. The standard InChI is InChI=1S/C24H19ClFNO5/c1-3-31-16-8-9-18(25)17(12-16)22(28)20-21(19-10-7-13(2)32-19)27(24(30)23(20)29)15-6-4-5-14(26)11-15/h4-12,21,28H,3H2,1-2H3/b22-20-. The molecule has 0 bridgehead atoms. The van der Waals surface area contributed by atoms with Gasteiger partial charge in [0.05, 0.1) is 17.2 Å². The summed E-state index contributed by atoms with van der Waals surface area (Å²) in [6, 6.07) is 12.1. The van der Waals surface area contributed by atoms with Gasteiger partial charge in [0, 0.05) is 11.3 Å². The van der Waals surface area contributed by atoms with Crippen LogP contribution in [0.4, 0.5) is 10.1 Å². The van der Waals surface area contributed by atoms with Crippen molar-refractivity contribution in [2.75, 3.05) is 11.5 Å². The molecule has 8 heteroatoms. The monoisotopic (exact) mass is 455 g/mol. The number of carbonyl (C=O) groups excluding carboxylic acids is 2. The number of Topliss-reactive ketones (excluding diaryl/α,β-unsaturated/α-hetero) is 1. The second-order valence-electron chi connectivity index (χ2n) is 7.17. The summed E-state index contributed by atoms with van der Waals surface area (Å²) in [4.78, 5) is 27.2. The van der Waals surface area contributed by atoms with Crippen molar-refractivity contribution >= 4 is 34.7 Å². The first-order valence-electron chi connectivity index (χ1n) is 9.87. The fraction of sp³-hybridized carbons (Fsp3) is 0.167. The van der Waals surface area contributed by atoms with E-state index in [1.165, 1.54) is 30.3 Å². The average Bonchev–Trinajstić information content (AvgIpc) is 3.30. The van der Waals surface area contributed by atoms with E-state index in [-0.39, 0.29) is 27.6 Å². The fourth-order valence-electron chi connectivity index (χ4n) is 3.68. The van der Waals surface area contributed by atoms with E-state index < -0.39 is 29.3 Å². The Morgan fingerprint density at radius 2 is 1.97 bits per heavy atom. The topological polar surface area (TPSA) is 80.0 Å². The summed E-state index contributed by atoms with van der Waals surface area (Å²) in [6.07, 6.45) is 0. The summed E-state index contributed by atoms with van der Waals surface area (Å²) in [7, 11) is 0. The molecule has 2 heterocycles. The Bertz CT molecular complexity index is 1250. The molecule has 0 aliphatic carbocycles. The maximum atomic E-state index is 13.9. The average molecular weight is 456 g/mol. The lowest BCUT2D eigenvalue weighted by Gasteiger charge is -2.23. The molecule has 164 valence electrons. The van der Waals surface area contributed by atoms with Gasteiger partial charge in [-0.3, -0.25) is 14.5 Å². The molecule has 1 unspecified atom stereocenters. The first-order chi connectivity index (χ1) is 15.3. The molecule has 1 aliphatic rings. The minimum absolute atomic E-state index is 0.128. The van der Waals surface area contributed by atoms with Gasteiger partial charge in [-0.1, -0.05) is 17.7 Å². The molecular weight excluding hydrogens is 437 g/mol. The van der Waals surface area contributed by atoms with Crippen molar-refractivity contribution in [3.8, 4) is 5.75 Å². The van der Waals surface area contributed by atoms with Gasteiger partial charge in [0.15, 0.2) is 0 Å². The molecule has 1 amide bonds. The summed E-state index contributed by atoms with van der Waals surface area (Å²) in [5.41, 5.74) is 0.0617. The largest absolute Gasteiger partial charge is 0.507 e. The minimum atomic E-state index is -1.11. The predicted molar refractivity (Wildman–Crippen MR) is 117 cm³/mol. The van der Waals surface area contributed by atoms with E-state index in [1.807, 2.05) is 0 Å². The molecule has 0 saturated carbocycles. The second kappa shape index (κ2) is 8.51. The van der Waals surface area contributed by atoms with Gasteiger partial charge in [-0.25, -0.2) is 4.39 Å². The van der Waals surface area contributed by atoms with Gasteiger partial charge < -0.3 is 14.3 Å². The number of hydrogen-bond acceptors (Lipinski definition) is 5. The molecule has 1 fully saturated rings. The number of halogens is 2. The number of ether oxygens (including phenoxy) is 1. The zero-order valence-corrected chi connectivity index (χ0v) is 18.0. The highest BCUT2D eigenvalue weighted by molar-refractivity contribution is 6.51. The van der Waals surface area contributed by atoms with E-state index in [0.717, 1.165) is 11.0 Å². The number of aliphatic hydroxyl groups excluding tert-OH is 1. The van der Waals surface area contributed by atoms with Crippen molar-refractivity contribution in [3.63, 3.8) is 0 Å². The summed E-state index contributed by atoms with van der Waals surface area (Å²) < 4.78 is 25.1. The first kappa shape index (κ1) is 21.6. The van der Waals surface area contributed by atoms with E-state index in [1.54, 1.807) is 32.0 Å². The van der Waals surface area contributed by atoms with Crippen LogP contribution < -0.4 is 9.64 Å². The van der Waals surface area contributed by atoms with Crippen LogP contribution in [-0.2, 0) is 9.59 Å². The van der Waals surface area contributed by atoms with Crippen LogP contribution in [0, 0.1) is 12.7 Å². The maximum Gasteiger partial charge on any atom is 0.300 e. The zero-order chi connectivity index (χ0) is 23.0. The molecule has 4 rings (SSSR count). The highest BCUT2D eigenvalue weighted by Crippen LogP contribution is 2.43. The molecule has 1 saturated heterocycles. The number of aryl methyl sites for hydroxylation is 1. The van der Waals surface area contributed by atoms with Crippen LogP contribution in [0.1, 0.15) is 30.0 Å². The number of benzene rings is 2. The van der Waals surface area contributed by atoms with Gasteiger partial charge in [0.25, 0.3) is 11.7 Å². The van der Waals surface area contributed by atoms with Gasteiger partial charge in [-0.05, 0) is 62.4 Å². The molecule has 1 atom stereocenters. The highest BCUT2D eigenvalue weighted by Gasteiger charge is 2.48. The fourth-order valence-corrected chi connectivity index (χ4v) is 3.89. The van der Waals surface area contributed by atoms with Gasteiger partial charge >= 0.3 is 0 Å². The number of aliphatic hydroxyl groups is 1. The van der Waals surface area contributed by atoms with E-state index in [9.17, 15) is 19.1 Å². The third-order valence-corrected chi connectivity index (χ3v) is 5.39. The van der Waals surface area contributed by atoms with E-state index in [2.05, 4.69) is 0 Å². The van der Waals surface area contributed by atoms with Crippen molar-refractivity contribution in [3.05, 3.63) is 88.1 Å². The van der Waals surface area contributed by atoms with Crippen LogP contribution in [0.25, 0.3) is 5.76 Å². The minimum Gasteiger partial charge on any atom is -0.507 e. The smallest absolute Gasteiger partial charge is 0.300 e. The van der Waals surface area contributed by atoms with Crippen molar-refractivity contribution < 1.29 is 28.2 Å². The van der Waals surface area contributed by atoms with Crippen molar-refractivity contribution in [1.82, 2.24) is 0 Å². The Hall–Kier alpha value is -3.58. The summed E-state index contributed by atoms with van der Waals surface area (Å²) in [5.74, 6) is -1.70. The summed E-state index contributed by atoms with van der Waals surface area (Å²) >= 11 is 6.29. The lowest BCUT2D eigenvalue weighted by Crippen LogP contribution is -2.29. The zero-order valence-electron chi connectivity index (χ0n) is 17.3. The normalized spacial score (nSPS) is 17.8. The van der Waals surface area contributed by atoms with Crippen LogP contribution in [0.2, 0.25) is 5.02 Å². The molecule has 32 heavy (non-hydrogen) atoms. The van der Waals surface area contributed by atoms with Crippen molar-refractivity contribution in [2.24, 2.45) is 0 Å². The van der Waals surface area contributed by atoms with Crippen LogP contribution in [0.5, 0.6) is 5.75 Å². The number of rotatable bonds is 5. The number of carbonyl (C=O) groups is 2. The molecule has 0 spiro atoms. The molecule has 1 N–H and O–H groups in total. The lowest BCUT2D eigenvalue weighted by molar-refractivity contribution is -0.132. The quantitative estimate of drug-likeness (QED) is 0.316. The van der Waals surface area contributed by atoms with Gasteiger partial charge in [0.1, 0.15) is 34.9 Å². The number of nitrogens with zero attached hydrogens (tertiary/aromatic N) is 1. The Balaban J connectivity index is 1.95. The summed E-state index contributed by atoms with van der Waals surface area (Å²) in [5, 5.41) is 11.3. The number of furan rings is 1. The lowest BCUT2D eigenvalue weighted by atomic mass is 9.99. The Labute approximate surface area is 188 Å². The maximum absolute atomic E-state index is 13.9. The molecule has 1 aliphatic heterocycles. The number of ketones is 1. The van der Waals surface area contributed by atoms with Gasteiger partial charge in [-0.15, -0.1) is 0 Å². The third-order valence-electron chi connectivity index (χ3n) is 5.07. The van der Waals surface area contributed by atoms with Gasteiger partial charge in [-0.2, -0.15) is 0 Å². The Morgan fingerprint density at radius 1 is 1.19 bits per heavy atom. The SMILES string of the molecule is CCOc1ccc(Cl)c(/C(O)=C2/C(=O)C(=O)N(c3cccc(F)c3)C2c2ccc(C)o2)c1. The first-order valence-corrected chi connectivity index (χ1v) is 10.2.